The van der Waals surface area contributed by atoms with Gasteiger partial charge < -0.3 is 9.72 Å². The van der Waals surface area contributed by atoms with Gasteiger partial charge in [-0.2, -0.15) is 0 Å². The number of pyridine rings is 2. The molecule has 0 aliphatic rings. The number of amides is 1. The van der Waals surface area contributed by atoms with Crippen LogP contribution in [0.15, 0.2) is 67.3 Å². The van der Waals surface area contributed by atoms with Crippen LogP contribution in [0.25, 0.3) is 16.8 Å². The van der Waals surface area contributed by atoms with Gasteiger partial charge in [0, 0.05) is 24.2 Å². The lowest BCUT2D eigenvalue weighted by molar-refractivity contribution is 0.0938. The fraction of sp³-hybridized carbons (Fsp3) is 0.136. The molecule has 0 radical (unpaired) electrons. The Morgan fingerprint density at radius 3 is 2.64 bits per heavy atom. The lowest BCUT2D eigenvalue weighted by Crippen LogP contribution is -2.27. The molecular formula is C22H19FN4O. The molecule has 0 spiro atoms. The molecule has 140 valence electrons. The molecule has 1 aromatic carbocycles. The van der Waals surface area contributed by atoms with E-state index in [1.54, 1.807) is 18.5 Å². The summed E-state index contributed by atoms with van der Waals surface area (Å²) in [5, 5.41) is 2.92. The molecule has 1 N–H and O–H groups in total. The third-order valence-corrected chi connectivity index (χ3v) is 4.65. The largest absolute Gasteiger partial charge is 0.344 e. The maximum atomic E-state index is 13.1. The van der Waals surface area contributed by atoms with Gasteiger partial charge in [-0.3, -0.25) is 9.78 Å². The number of fused-ring (bicyclic) bond motifs is 1. The summed E-state index contributed by atoms with van der Waals surface area (Å²) in [6.07, 6.45) is 6.42. The molecule has 0 aliphatic carbocycles. The van der Waals surface area contributed by atoms with Crippen LogP contribution < -0.4 is 5.32 Å². The van der Waals surface area contributed by atoms with Crippen molar-refractivity contribution >= 4 is 11.6 Å². The van der Waals surface area contributed by atoms with Crippen LogP contribution in [-0.4, -0.2) is 20.3 Å². The van der Waals surface area contributed by atoms with Gasteiger partial charge in [-0.1, -0.05) is 29.8 Å². The molecule has 28 heavy (non-hydrogen) atoms. The van der Waals surface area contributed by atoms with E-state index < -0.39 is 5.82 Å². The number of rotatable bonds is 4. The second kappa shape index (κ2) is 7.23. The number of aryl methyl sites for hydroxylation is 1. The van der Waals surface area contributed by atoms with Crippen molar-refractivity contribution in [2.75, 3.05) is 0 Å². The summed E-state index contributed by atoms with van der Waals surface area (Å²) in [5.41, 5.74) is 4.92. The highest BCUT2D eigenvalue weighted by molar-refractivity contribution is 5.96. The van der Waals surface area contributed by atoms with Crippen molar-refractivity contribution in [3.63, 3.8) is 0 Å². The Morgan fingerprint density at radius 2 is 1.93 bits per heavy atom. The lowest BCUT2D eigenvalue weighted by Gasteiger charge is -2.14. The fourth-order valence-corrected chi connectivity index (χ4v) is 3.10. The predicted octanol–water partition coefficient (Wildman–Crippen LogP) is 4.33. The minimum absolute atomic E-state index is 0.234. The molecule has 1 unspecified atom stereocenters. The van der Waals surface area contributed by atoms with Crippen LogP contribution in [0.2, 0.25) is 0 Å². The maximum Gasteiger partial charge on any atom is 0.253 e. The zero-order valence-corrected chi connectivity index (χ0v) is 15.6. The van der Waals surface area contributed by atoms with Gasteiger partial charge >= 0.3 is 0 Å². The first-order valence-corrected chi connectivity index (χ1v) is 8.97. The molecule has 0 saturated carbocycles. The van der Waals surface area contributed by atoms with E-state index >= 15 is 0 Å². The zero-order valence-electron chi connectivity index (χ0n) is 15.6. The summed E-state index contributed by atoms with van der Waals surface area (Å²) in [6, 6.07) is 12.5. The highest BCUT2D eigenvalue weighted by Crippen LogP contribution is 2.26. The van der Waals surface area contributed by atoms with Crippen molar-refractivity contribution in [3.05, 3.63) is 89.9 Å². The van der Waals surface area contributed by atoms with E-state index in [0.717, 1.165) is 28.5 Å². The Bertz CT molecular complexity index is 1130. The van der Waals surface area contributed by atoms with Gasteiger partial charge in [-0.15, -0.1) is 0 Å². The van der Waals surface area contributed by atoms with Gasteiger partial charge in [0.1, 0.15) is 11.5 Å². The van der Waals surface area contributed by atoms with E-state index in [0.29, 0.717) is 11.3 Å². The van der Waals surface area contributed by atoms with Gasteiger partial charge in [0.05, 0.1) is 23.5 Å². The predicted molar refractivity (Wildman–Crippen MR) is 105 cm³/mol. The average molecular weight is 374 g/mol. The second-order valence-electron chi connectivity index (χ2n) is 6.76. The number of nitrogens with zero attached hydrogens (tertiary/aromatic N) is 3. The molecule has 3 aromatic heterocycles. The Hall–Kier alpha value is -3.54. The quantitative estimate of drug-likeness (QED) is 0.578. The van der Waals surface area contributed by atoms with Crippen molar-refractivity contribution in [3.8, 4) is 11.1 Å². The van der Waals surface area contributed by atoms with Crippen molar-refractivity contribution in [1.82, 2.24) is 19.7 Å². The maximum absolute atomic E-state index is 13.1. The SMILES string of the molecule is Cc1ccc(-c2cc(C(=O)NC(C)c3ccc(F)cn3)cn3ccnc23)cc1. The zero-order chi connectivity index (χ0) is 19.7. The van der Waals surface area contributed by atoms with Gasteiger partial charge in [0.25, 0.3) is 5.91 Å². The van der Waals surface area contributed by atoms with E-state index in [-0.39, 0.29) is 11.9 Å². The number of benzene rings is 1. The first-order chi connectivity index (χ1) is 13.5. The molecular weight excluding hydrogens is 355 g/mol. The van der Waals surface area contributed by atoms with Crippen molar-refractivity contribution in [2.24, 2.45) is 0 Å². The van der Waals surface area contributed by atoms with Gasteiger partial charge in [-0.25, -0.2) is 9.37 Å². The topological polar surface area (TPSA) is 59.3 Å². The van der Waals surface area contributed by atoms with Gasteiger partial charge in [0.15, 0.2) is 0 Å². The van der Waals surface area contributed by atoms with Crippen LogP contribution in [-0.2, 0) is 0 Å². The number of carbonyl (C=O) groups is 1. The number of imidazole rings is 1. The van der Waals surface area contributed by atoms with Gasteiger partial charge in [0.2, 0.25) is 0 Å². The van der Waals surface area contributed by atoms with E-state index in [1.165, 1.54) is 6.07 Å². The van der Waals surface area contributed by atoms with Crippen LogP contribution in [0.3, 0.4) is 0 Å². The first kappa shape index (κ1) is 17.9. The van der Waals surface area contributed by atoms with E-state index in [9.17, 15) is 9.18 Å². The lowest BCUT2D eigenvalue weighted by atomic mass is 10.0. The first-order valence-electron chi connectivity index (χ1n) is 8.97. The molecule has 0 saturated heterocycles. The molecule has 1 amide bonds. The third-order valence-electron chi connectivity index (χ3n) is 4.65. The Kier molecular flexibility index (Phi) is 4.61. The Labute approximate surface area is 161 Å². The fourth-order valence-electron chi connectivity index (χ4n) is 3.10. The molecule has 0 fully saturated rings. The third kappa shape index (κ3) is 3.49. The van der Waals surface area contributed by atoms with Crippen molar-refractivity contribution in [2.45, 2.75) is 19.9 Å². The number of hydrogen-bond acceptors (Lipinski definition) is 3. The molecule has 0 bridgehead atoms. The highest BCUT2D eigenvalue weighted by Gasteiger charge is 2.16. The smallest absolute Gasteiger partial charge is 0.253 e. The van der Waals surface area contributed by atoms with E-state index in [1.807, 2.05) is 54.8 Å². The van der Waals surface area contributed by atoms with Crippen molar-refractivity contribution < 1.29 is 9.18 Å². The Balaban J connectivity index is 1.67. The molecule has 4 aromatic rings. The van der Waals surface area contributed by atoms with Crippen LogP contribution in [0.4, 0.5) is 4.39 Å². The number of nitrogens with one attached hydrogen (secondary N) is 1. The highest BCUT2D eigenvalue weighted by atomic mass is 19.1. The summed E-state index contributed by atoms with van der Waals surface area (Å²) in [7, 11) is 0. The molecule has 1 atom stereocenters. The normalized spacial score (nSPS) is 12.1. The summed E-state index contributed by atoms with van der Waals surface area (Å²) in [6.45, 7) is 3.85. The van der Waals surface area contributed by atoms with Crippen LogP contribution in [0, 0.1) is 12.7 Å². The molecule has 4 rings (SSSR count). The van der Waals surface area contributed by atoms with Crippen LogP contribution >= 0.6 is 0 Å². The summed E-state index contributed by atoms with van der Waals surface area (Å²) < 4.78 is 14.9. The average Bonchev–Trinajstić information content (AvgIpc) is 3.17. The minimum Gasteiger partial charge on any atom is -0.344 e. The molecule has 3 heterocycles. The summed E-state index contributed by atoms with van der Waals surface area (Å²) in [4.78, 5) is 21.3. The number of halogens is 1. The minimum atomic E-state index is -0.407. The summed E-state index contributed by atoms with van der Waals surface area (Å²) in [5.74, 6) is -0.641. The van der Waals surface area contributed by atoms with Crippen LogP contribution in [0.1, 0.15) is 34.6 Å². The van der Waals surface area contributed by atoms with Crippen molar-refractivity contribution in [1.29, 1.82) is 0 Å². The monoisotopic (exact) mass is 374 g/mol. The number of carbonyl (C=O) groups excluding carboxylic acids is 1. The molecule has 0 aliphatic heterocycles. The number of aromatic nitrogens is 3. The molecule has 5 nitrogen and oxygen atoms in total. The van der Waals surface area contributed by atoms with Crippen LogP contribution in [0.5, 0.6) is 0 Å². The Morgan fingerprint density at radius 1 is 1.14 bits per heavy atom. The number of hydrogen-bond donors (Lipinski definition) is 1. The van der Waals surface area contributed by atoms with Gasteiger partial charge in [-0.05, 0) is 37.6 Å². The van der Waals surface area contributed by atoms with E-state index in [2.05, 4.69) is 15.3 Å². The second-order valence-corrected chi connectivity index (χ2v) is 6.76. The van der Waals surface area contributed by atoms with E-state index in [4.69, 9.17) is 0 Å². The standard InChI is InChI=1S/C22H19FN4O/c1-14-3-5-16(6-4-14)19-11-17(13-27-10-9-24-21(19)27)22(28)26-15(2)20-8-7-18(23)12-25-20/h3-13,15H,1-2H3,(H,26,28). The molecule has 6 heteroatoms. The summed E-state index contributed by atoms with van der Waals surface area (Å²) >= 11 is 0.